The molecule has 0 saturated carbocycles. The molecule has 2 aliphatic rings. The number of H-pyrrole nitrogens is 1. The third-order valence-electron chi connectivity index (χ3n) is 8.05. The molecule has 2 saturated heterocycles. The maximum absolute atomic E-state index is 13.0. The Morgan fingerprint density at radius 3 is 2.51 bits per heavy atom. The average Bonchev–Trinajstić information content (AvgIpc) is 3.41. The van der Waals surface area contributed by atoms with Crippen molar-refractivity contribution in [1.82, 2.24) is 34.6 Å². The molecule has 2 fully saturated rings. The Kier molecular flexibility index (Phi) is 7.69. The summed E-state index contributed by atoms with van der Waals surface area (Å²) in [7, 11) is 2.09. The number of benzene rings is 1. The maximum atomic E-state index is 13.0. The second kappa shape index (κ2) is 11.7. The first-order valence-electron chi connectivity index (χ1n) is 14.4. The molecule has 0 atom stereocenters. The highest BCUT2D eigenvalue weighted by Gasteiger charge is 2.22. The van der Waals surface area contributed by atoms with E-state index in [0.29, 0.717) is 17.9 Å². The number of aromatic nitrogens is 4. The van der Waals surface area contributed by atoms with Crippen LogP contribution in [-0.4, -0.2) is 93.0 Å². The van der Waals surface area contributed by atoms with Crippen molar-refractivity contribution in [2.75, 3.05) is 46.3 Å². The number of aromatic amines is 1. The third kappa shape index (κ3) is 6.25. The number of pyridine rings is 1. The third-order valence-corrected chi connectivity index (χ3v) is 8.05. The van der Waals surface area contributed by atoms with Crippen LogP contribution < -0.4 is 4.74 Å². The molecule has 1 N–H and O–H groups in total. The standard InChI is InChI=1S/C32H37N7O2/c1-22(2)38-12-8-25(9-13-38)41-26-6-10-33-29(21-26)28-7-11-34-31(36-28)19-23-4-5-27-24(18-23)20-30(35-27)32(40)39-16-14-37(3)15-17-39/h4-7,10-11,18,20-21,25,35H,1,8-9,12-17,19H2,2-3H3. The Balaban J connectivity index is 1.13. The van der Waals surface area contributed by atoms with Crippen LogP contribution in [0.5, 0.6) is 5.75 Å². The summed E-state index contributed by atoms with van der Waals surface area (Å²) in [5, 5.41) is 1.01. The quantitative estimate of drug-likeness (QED) is 0.365. The predicted molar refractivity (Wildman–Crippen MR) is 160 cm³/mol. The zero-order valence-corrected chi connectivity index (χ0v) is 23.8. The molecule has 0 radical (unpaired) electrons. The van der Waals surface area contributed by atoms with Crippen LogP contribution in [0.1, 0.15) is 41.6 Å². The van der Waals surface area contributed by atoms with Gasteiger partial charge in [-0.25, -0.2) is 9.97 Å². The van der Waals surface area contributed by atoms with Crippen molar-refractivity contribution in [3.05, 3.63) is 84.2 Å². The van der Waals surface area contributed by atoms with E-state index in [9.17, 15) is 4.79 Å². The van der Waals surface area contributed by atoms with Crippen LogP contribution in [0, 0.1) is 0 Å². The van der Waals surface area contributed by atoms with Crippen molar-refractivity contribution in [2.24, 2.45) is 0 Å². The van der Waals surface area contributed by atoms with Crippen LogP contribution in [0.15, 0.2) is 67.1 Å². The highest BCUT2D eigenvalue weighted by molar-refractivity contribution is 5.98. The molecule has 9 heteroatoms. The number of amides is 1. The molecule has 5 heterocycles. The molecular formula is C32H37N7O2. The van der Waals surface area contributed by atoms with E-state index in [2.05, 4.69) is 57.4 Å². The number of piperidine rings is 1. The molecular weight excluding hydrogens is 514 g/mol. The first-order valence-corrected chi connectivity index (χ1v) is 14.4. The largest absolute Gasteiger partial charge is 0.490 e. The lowest BCUT2D eigenvalue weighted by molar-refractivity contribution is 0.0659. The van der Waals surface area contributed by atoms with E-state index >= 15 is 0 Å². The lowest BCUT2D eigenvalue weighted by atomic mass is 10.1. The van der Waals surface area contributed by atoms with E-state index in [-0.39, 0.29) is 12.0 Å². The fourth-order valence-electron chi connectivity index (χ4n) is 5.57. The van der Waals surface area contributed by atoms with Gasteiger partial charge in [-0.2, -0.15) is 0 Å². The summed E-state index contributed by atoms with van der Waals surface area (Å²) in [5.41, 5.74) is 5.31. The van der Waals surface area contributed by atoms with E-state index < -0.39 is 0 Å². The van der Waals surface area contributed by atoms with Gasteiger partial charge in [-0.1, -0.05) is 12.6 Å². The number of nitrogens with zero attached hydrogens (tertiary/aromatic N) is 6. The molecule has 2 aliphatic heterocycles. The molecule has 0 aliphatic carbocycles. The summed E-state index contributed by atoms with van der Waals surface area (Å²) in [6.45, 7) is 11.3. The summed E-state index contributed by atoms with van der Waals surface area (Å²) in [6.07, 6.45) is 6.26. The number of fused-ring (bicyclic) bond motifs is 1. The van der Waals surface area contributed by atoms with Crippen molar-refractivity contribution in [3.8, 4) is 17.1 Å². The first kappa shape index (κ1) is 27.0. The molecule has 1 amide bonds. The van der Waals surface area contributed by atoms with Crippen LogP contribution in [-0.2, 0) is 6.42 Å². The molecule has 0 spiro atoms. The van der Waals surface area contributed by atoms with Gasteiger partial charge in [-0.3, -0.25) is 9.78 Å². The summed E-state index contributed by atoms with van der Waals surface area (Å²) < 4.78 is 6.30. The molecule has 9 nitrogen and oxygen atoms in total. The number of ether oxygens (including phenoxy) is 1. The average molecular weight is 552 g/mol. The van der Waals surface area contributed by atoms with Gasteiger partial charge in [0.1, 0.15) is 23.4 Å². The minimum absolute atomic E-state index is 0.0583. The van der Waals surface area contributed by atoms with Gasteiger partial charge < -0.3 is 24.4 Å². The highest BCUT2D eigenvalue weighted by atomic mass is 16.5. The van der Waals surface area contributed by atoms with Crippen molar-refractivity contribution in [3.63, 3.8) is 0 Å². The Morgan fingerprint density at radius 1 is 0.951 bits per heavy atom. The van der Waals surface area contributed by atoms with Crippen LogP contribution in [0.25, 0.3) is 22.3 Å². The smallest absolute Gasteiger partial charge is 0.270 e. The molecule has 41 heavy (non-hydrogen) atoms. The number of hydrogen-bond acceptors (Lipinski definition) is 7. The van der Waals surface area contributed by atoms with Crippen LogP contribution >= 0.6 is 0 Å². The SMILES string of the molecule is C=C(C)N1CCC(Oc2ccnc(-c3ccnc(Cc4ccc5[nH]c(C(=O)N6CCN(C)CC6)cc5c4)n3)c2)CC1. The Morgan fingerprint density at radius 2 is 1.73 bits per heavy atom. The van der Waals surface area contributed by atoms with Crippen LogP contribution in [0.3, 0.4) is 0 Å². The fourth-order valence-corrected chi connectivity index (χ4v) is 5.57. The molecule has 3 aromatic heterocycles. The van der Waals surface area contributed by atoms with Crippen LogP contribution in [0.4, 0.5) is 0 Å². The monoisotopic (exact) mass is 551 g/mol. The van der Waals surface area contributed by atoms with E-state index in [0.717, 1.165) is 91.4 Å². The predicted octanol–water partition coefficient (Wildman–Crippen LogP) is 4.38. The van der Waals surface area contributed by atoms with Gasteiger partial charge >= 0.3 is 0 Å². The van der Waals surface area contributed by atoms with Gasteiger partial charge in [-0.05, 0) is 49.9 Å². The number of carbonyl (C=O) groups excluding carboxylic acids is 1. The molecule has 1 aromatic carbocycles. The number of nitrogens with one attached hydrogen (secondary N) is 1. The van der Waals surface area contributed by atoms with Crippen molar-refractivity contribution >= 4 is 16.8 Å². The van der Waals surface area contributed by atoms with Gasteiger partial charge in [0.15, 0.2) is 0 Å². The lowest BCUT2D eigenvalue weighted by Crippen LogP contribution is -2.47. The molecule has 212 valence electrons. The van der Waals surface area contributed by atoms with Gasteiger partial charge in [0, 0.05) is 93.6 Å². The number of hydrogen-bond donors (Lipinski definition) is 1. The van der Waals surface area contributed by atoms with E-state index in [1.54, 1.807) is 12.4 Å². The van der Waals surface area contributed by atoms with Gasteiger partial charge in [0.25, 0.3) is 5.91 Å². The lowest BCUT2D eigenvalue weighted by Gasteiger charge is -2.33. The van der Waals surface area contributed by atoms with E-state index in [1.807, 2.05) is 35.2 Å². The van der Waals surface area contributed by atoms with Crippen LogP contribution in [0.2, 0.25) is 0 Å². The topological polar surface area (TPSA) is 90.5 Å². The normalized spacial score (nSPS) is 16.7. The van der Waals surface area contributed by atoms with Crippen molar-refractivity contribution < 1.29 is 9.53 Å². The molecule has 0 bridgehead atoms. The summed E-state index contributed by atoms with van der Waals surface area (Å²) in [6, 6.07) is 13.9. The molecule has 4 aromatic rings. The number of carbonyl (C=O) groups is 1. The summed E-state index contributed by atoms with van der Waals surface area (Å²) in [4.78, 5) is 36.7. The molecule has 6 rings (SSSR count). The molecule has 0 unspecified atom stereocenters. The summed E-state index contributed by atoms with van der Waals surface area (Å²) in [5.74, 6) is 1.58. The number of piperazine rings is 1. The minimum atomic E-state index is 0.0583. The minimum Gasteiger partial charge on any atom is -0.490 e. The summed E-state index contributed by atoms with van der Waals surface area (Å²) >= 11 is 0. The van der Waals surface area contributed by atoms with Crippen molar-refractivity contribution in [2.45, 2.75) is 32.3 Å². The van der Waals surface area contributed by atoms with Crippen molar-refractivity contribution in [1.29, 1.82) is 0 Å². The Hall–Kier alpha value is -4.24. The van der Waals surface area contributed by atoms with Gasteiger partial charge in [-0.15, -0.1) is 0 Å². The fraction of sp³-hybridized carbons (Fsp3) is 0.375. The Labute approximate surface area is 240 Å². The zero-order chi connectivity index (χ0) is 28.3. The second-order valence-electron chi connectivity index (χ2n) is 11.2. The number of likely N-dealkylation sites (N-methyl/N-ethyl adjacent to an activating group) is 1. The zero-order valence-electron chi connectivity index (χ0n) is 23.8. The number of allylic oxidation sites excluding steroid dienone is 1. The number of rotatable bonds is 7. The van der Waals surface area contributed by atoms with E-state index in [4.69, 9.17) is 9.72 Å². The van der Waals surface area contributed by atoms with Gasteiger partial charge in [0.2, 0.25) is 0 Å². The first-order chi connectivity index (χ1) is 19.9. The number of likely N-dealkylation sites (tertiary alicyclic amines) is 1. The Bertz CT molecular complexity index is 1550. The maximum Gasteiger partial charge on any atom is 0.270 e. The second-order valence-corrected chi connectivity index (χ2v) is 11.2. The van der Waals surface area contributed by atoms with E-state index in [1.165, 1.54) is 0 Å². The highest BCUT2D eigenvalue weighted by Crippen LogP contribution is 2.25. The van der Waals surface area contributed by atoms with Gasteiger partial charge in [0.05, 0.1) is 11.4 Å².